The van der Waals surface area contributed by atoms with Gasteiger partial charge >= 0.3 is 5.97 Å². The van der Waals surface area contributed by atoms with Crippen molar-refractivity contribution in [1.82, 2.24) is 24.9 Å². The molecule has 0 aliphatic carbocycles. The number of carboxylic acid groups (broad SMARTS) is 1. The number of aliphatic carboxylic acids is 1. The second-order valence-corrected chi connectivity index (χ2v) is 4.98. The van der Waals surface area contributed by atoms with Crippen LogP contribution in [-0.4, -0.2) is 43.1 Å². The SMILES string of the molecule is Cc1c(C(=O)NCC(C)CCC(=O)O)cnc2ncnn12. The molecule has 112 valence electrons. The highest BCUT2D eigenvalue weighted by molar-refractivity contribution is 5.95. The first-order valence-electron chi connectivity index (χ1n) is 6.64. The van der Waals surface area contributed by atoms with E-state index in [2.05, 4.69) is 20.4 Å². The molecule has 8 heteroatoms. The zero-order valence-corrected chi connectivity index (χ0v) is 11.9. The third kappa shape index (κ3) is 3.53. The first kappa shape index (κ1) is 14.9. The molecule has 1 unspecified atom stereocenters. The zero-order valence-electron chi connectivity index (χ0n) is 11.9. The number of hydrogen-bond donors (Lipinski definition) is 2. The Morgan fingerprint density at radius 3 is 2.90 bits per heavy atom. The third-order valence-electron chi connectivity index (χ3n) is 3.25. The van der Waals surface area contributed by atoms with Gasteiger partial charge in [0.1, 0.15) is 6.33 Å². The Bertz CT molecular complexity index is 667. The predicted octanol–water partition coefficient (Wildman–Crippen LogP) is 0.663. The molecule has 0 spiro atoms. The van der Waals surface area contributed by atoms with Crippen molar-refractivity contribution < 1.29 is 14.7 Å². The van der Waals surface area contributed by atoms with Gasteiger partial charge in [0, 0.05) is 19.2 Å². The van der Waals surface area contributed by atoms with Crippen molar-refractivity contribution >= 4 is 17.7 Å². The normalized spacial score (nSPS) is 12.3. The number of carboxylic acids is 1. The monoisotopic (exact) mass is 291 g/mol. The van der Waals surface area contributed by atoms with Gasteiger partial charge in [0.25, 0.3) is 11.7 Å². The van der Waals surface area contributed by atoms with Gasteiger partial charge in [0.15, 0.2) is 0 Å². The molecule has 8 nitrogen and oxygen atoms in total. The highest BCUT2D eigenvalue weighted by atomic mass is 16.4. The maximum Gasteiger partial charge on any atom is 0.303 e. The van der Waals surface area contributed by atoms with Crippen LogP contribution in [0.2, 0.25) is 0 Å². The lowest BCUT2D eigenvalue weighted by molar-refractivity contribution is -0.137. The summed E-state index contributed by atoms with van der Waals surface area (Å²) in [7, 11) is 0. The summed E-state index contributed by atoms with van der Waals surface area (Å²) in [4.78, 5) is 30.6. The molecule has 0 bridgehead atoms. The van der Waals surface area contributed by atoms with Gasteiger partial charge in [-0.1, -0.05) is 6.92 Å². The molecule has 1 atom stereocenters. The average molecular weight is 291 g/mol. The highest BCUT2D eigenvalue weighted by Gasteiger charge is 2.14. The minimum atomic E-state index is -0.829. The van der Waals surface area contributed by atoms with E-state index in [9.17, 15) is 9.59 Å². The second kappa shape index (κ2) is 6.29. The Hall–Kier alpha value is -2.51. The van der Waals surface area contributed by atoms with Gasteiger partial charge in [0.05, 0.1) is 11.3 Å². The number of fused-ring (bicyclic) bond motifs is 1. The number of amides is 1. The summed E-state index contributed by atoms with van der Waals surface area (Å²) in [6.45, 7) is 4.09. The molecule has 21 heavy (non-hydrogen) atoms. The van der Waals surface area contributed by atoms with Crippen LogP contribution in [0.5, 0.6) is 0 Å². The average Bonchev–Trinajstić information content (AvgIpc) is 2.92. The lowest BCUT2D eigenvalue weighted by Crippen LogP contribution is -2.29. The summed E-state index contributed by atoms with van der Waals surface area (Å²) in [6.07, 6.45) is 3.47. The molecule has 2 rings (SSSR count). The summed E-state index contributed by atoms with van der Waals surface area (Å²) in [5, 5.41) is 15.4. The summed E-state index contributed by atoms with van der Waals surface area (Å²) in [6, 6.07) is 0. The molecule has 2 N–H and O–H groups in total. The topological polar surface area (TPSA) is 109 Å². The van der Waals surface area contributed by atoms with Gasteiger partial charge in [-0.05, 0) is 19.3 Å². The maximum atomic E-state index is 12.1. The predicted molar refractivity (Wildman–Crippen MR) is 73.9 cm³/mol. The van der Waals surface area contributed by atoms with Crippen molar-refractivity contribution in [3.05, 3.63) is 23.8 Å². The van der Waals surface area contributed by atoms with E-state index < -0.39 is 5.97 Å². The summed E-state index contributed by atoms with van der Waals surface area (Å²) in [5.74, 6) is -0.545. The molecule has 0 saturated carbocycles. The van der Waals surface area contributed by atoms with Crippen molar-refractivity contribution in [3.63, 3.8) is 0 Å². The van der Waals surface area contributed by atoms with Gasteiger partial charge in [-0.2, -0.15) is 10.1 Å². The van der Waals surface area contributed by atoms with Crippen LogP contribution in [0.15, 0.2) is 12.5 Å². The number of rotatable bonds is 6. The molecule has 0 aliphatic heterocycles. The standard InChI is InChI=1S/C13H17N5O3/c1-8(3-4-11(19)20)5-14-12(21)10-6-15-13-16-7-17-18(13)9(10)2/h6-8H,3-5H2,1-2H3,(H,14,21)(H,19,20). The number of carbonyl (C=O) groups is 2. The van der Waals surface area contributed by atoms with Crippen LogP contribution in [0, 0.1) is 12.8 Å². The molecule has 0 fully saturated rings. The maximum absolute atomic E-state index is 12.1. The fourth-order valence-corrected chi connectivity index (χ4v) is 1.95. The minimum Gasteiger partial charge on any atom is -0.481 e. The summed E-state index contributed by atoms with van der Waals surface area (Å²) >= 11 is 0. The molecule has 2 heterocycles. The van der Waals surface area contributed by atoms with E-state index in [-0.39, 0.29) is 18.2 Å². The molecule has 0 aromatic carbocycles. The first-order valence-corrected chi connectivity index (χ1v) is 6.64. The first-order chi connectivity index (χ1) is 9.99. The molecule has 0 saturated heterocycles. The van der Waals surface area contributed by atoms with Crippen LogP contribution < -0.4 is 5.32 Å². The Balaban J connectivity index is 1.99. The van der Waals surface area contributed by atoms with Crippen LogP contribution in [-0.2, 0) is 4.79 Å². The smallest absolute Gasteiger partial charge is 0.303 e. The van der Waals surface area contributed by atoms with E-state index in [4.69, 9.17) is 5.11 Å². The van der Waals surface area contributed by atoms with E-state index in [1.807, 2.05) is 6.92 Å². The molecular weight excluding hydrogens is 274 g/mol. The van der Waals surface area contributed by atoms with Gasteiger partial charge in [0.2, 0.25) is 0 Å². The fourth-order valence-electron chi connectivity index (χ4n) is 1.95. The molecule has 2 aromatic heterocycles. The molecule has 1 amide bonds. The number of nitrogens with one attached hydrogen (secondary N) is 1. The molecule has 2 aromatic rings. The summed E-state index contributed by atoms with van der Waals surface area (Å²) < 4.78 is 1.50. The van der Waals surface area contributed by atoms with Crippen molar-refractivity contribution in [2.45, 2.75) is 26.7 Å². The third-order valence-corrected chi connectivity index (χ3v) is 3.25. The van der Waals surface area contributed by atoms with E-state index >= 15 is 0 Å². The number of carbonyl (C=O) groups excluding carboxylic acids is 1. The van der Waals surface area contributed by atoms with Crippen LogP contribution in [0.25, 0.3) is 5.78 Å². The molecule has 0 radical (unpaired) electrons. The minimum absolute atomic E-state index is 0.0911. The van der Waals surface area contributed by atoms with E-state index in [0.717, 1.165) is 0 Å². The van der Waals surface area contributed by atoms with E-state index in [1.54, 1.807) is 6.92 Å². The Labute approximate surface area is 121 Å². The van der Waals surface area contributed by atoms with Gasteiger partial charge in [-0.3, -0.25) is 9.59 Å². The fraction of sp³-hybridized carbons (Fsp3) is 0.462. The summed E-state index contributed by atoms with van der Waals surface area (Å²) in [5.41, 5.74) is 1.09. The number of aryl methyl sites for hydroxylation is 1. The van der Waals surface area contributed by atoms with Gasteiger partial charge in [-0.15, -0.1) is 0 Å². The van der Waals surface area contributed by atoms with Crippen LogP contribution in [0.4, 0.5) is 0 Å². The van der Waals surface area contributed by atoms with Crippen molar-refractivity contribution in [1.29, 1.82) is 0 Å². The van der Waals surface area contributed by atoms with Crippen molar-refractivity contribution in [2.75, 3.05) is 6.54 Å². The van der Waals surface area contributed by atoms with Crippen molar-refractivity contribution in [2.24, 2.45) is 5.92 Å². The van der Waals surface area contributed by atoms with Gasteiger partial charge in [-0.25, -0.2) is 9.50 Å². The Morgan fingerprint density at radius 1 is 1.43 bits per heavy atom. The molecular formula is C13H17N5O3. The number of aromatic nitrogens is 4. The van der Waals surface area contributed by atoms with Gasteiger partial charge < -0.3 is 10.4 Å². The Morgan fingerprint density at radius 2 is 2.19 bits per heavy atom. The highest BCUT2D eigenvalue weighted by Crippen LogP contribution is 2.08. The zero-order chi connectivity index (χ0) is 15.4. The number of hydrogen-bond acceptors (Lipinski definition) is 5. The van der Waals surface area contributed by atoms with Crippen molar-refractivity contribution in [3.8, 4) is 0 Å². The lowest BCUT2D eigenvalue weighted by atomic mass is 10.1. The second-order valence-electron chi connectivity index (χ2n) is 4.98. The van der Waals surface area contributed by atoms with E-state index in [1.165, 1.54) is 17.0 Å². The van der Waals surface area contributed by atoms with Crippen LogP contribution in [0.1, 0.15) is 35.8 Å². The van der Waals surface area contributed by atoms with Crippen LogP contribution in [0.3, 0.4) is 0 Å². The number of nitrogens with zero attached hydrogens (tertiary/aromatic N) is 4. The lowest BCUT2D eigenvalue weighted by Gasteiger charge is -2.12. The largest absolute Gasteiger partial charge is 0.481 e. The quantitative estimate of drug-likeness (QED) is 0.809. The van der Waals surface area contributed by atoms with E-state index in [0.29, 0.717) is 30.0 Å². The van der Waals surface area contributed by atoms with Crippen LogP contribution >= 0.6 is 0 Å². The Kier molecular flexibility index (Phi) is 4.46. The molecule has 0 aliphatic rings.